The second-order valence-electron chi connectivity index (χ2n) is 7.50. The maximum atomic E-state index is 5.87. The zero-order chi connectivity index (χ0) is 19.3. The van der Waals surface area contributed by atoms with Crippen LogP contribution in [-0.2, 0) is 11.3 Å². The van der Waals surface area contributed by atoms with Gasteiger partial charge in [0, 0.05) is 39.2 Å². The van der Waals surface area contributed by atoms with Crippen LogP contribution in [0.2, 0.25) is 0 Å². The number of aromatic nitrogens is 1. The number of pyridine rings is 1. The number of fused-ring (bicyclic) bond motifs is 1. The van der Waals surface area contributed by atoms with E-state index in [0.29, 0.717) is 6.54 Å². The van der Waals surface area contributed by atoms with Crippen LogP contribution < -0.4 is 15.5 Å². The molecule has 7 heteroatoms. The van der Waals surface area contributed by atoms with Crippen molar-refractivity contribution >= 4 is 46.7 Å². The lowest BCUT2D eigenvalue weighted by Crippen LogP contribution is -2.45. The lowest BCUT2D eigenvalue weighted by Gasteiger charge is -2.24. The summed E-state index contributed by atoms with van der Waals surface area (Å²) in [4.78, 5) is 11.6. The van der Waals surface area contributed by atoms with Gasteiger partial charge < -0.3 is 20.3 Å². The first kappa shape index (κ1) is 22.7. The van der Waals surface area contributed by atoms with E-state index >= 15 is 0 Å². The van der Waals surface area contributed by atoms with Crippen molar-refractivity contribution in [1.29, 1.82) is 0 Å². The first-order valence-corrected chi connectivity index (χ1v) is 9.73. The zero-order valence-corrected chi connectivity index (χ0v) is 19.6. The molecule has 0 aliphatic carbocycles. The Morgan fingerprint density at radius 3 is 2.75 bits per heavy atom. The summed E-state index contributed by atoms with van der Waals surface area (Å²) in [5, 5.41) is 7.93. The van der Waals surface area contributed by atoms with E-state index in [9.17, 15) is 0 Å². The Bertz CT molecular complexity index is 802. The molecule has 1 aromatic heterocycles. The van der Waals surface area contributed by atoms with Gasteiger partial charge in [-0.2, -0.15) is 0 Å². The predicted molar refractivity (Wildman–Crippen MR) is 128 cm³/mol. The van der Waals surface area contributed by atoms with Gasteiger partial charge in [0.15, 0.2) is 5.96 Å². The van der Waals surface area contributed by atoms with E-state index in [1.807, 2.05) is 31.1 Å². The highest BCUT2D eigenvalue weighted by molar-refractivity contribution is 14.0. The molecule has 154 valence electrons. The molecule has 1 aliphatic rings. The number of aliphatic imine (C=N–C) groups is 1. The number of nitrogens with zero attached hydrogens (tertiary/aromatic N) is 3. The van der Waals surface area contributed by atoms with Crippen LogP contribution in [0.25, 0.3) is 10.9 Å². The second kappa shape index (κ2) is 10.2. The largest absolute Gasteiger partial charge is 0.373 e. The van der Waals surface area contributed by atoms with Crippen LogP contribution >= 0.6 is 24.0 Å². The second-order valence-corrected chi connectivity index (χ2v) is 7.50. The van der Waals surface area contributed by atoms with Crippen molar-refractivity contribution in [3.8, 4) is 0 Å². The summed E-state index contributed by atoms with van der Waals surface area (Å²) in [6, 6.07) is 10.4. The molecule has 6 nitrogen and oxygen atoms in total. The molecule has 2 aromatic rings. The van der Waals surface area contributed by atoms with E-state index in [4.69, 9.17) is 14.7 Å². The van der Waals surface area contributed by atoms with Crippen molar-refractivity contribution < 1.29 is 4.74 Å². The van der Waals surface area contributed by atoms with Gasteiger partial charge in [-0.1, -0.05) is 18.2 Å². The number of hydrogen-bond donors (Lipinski definition) is 2. The Kier molecular flexibility index (Phi) is 8.30. The zero-order valence-electron chi connectivity index (χ0n) is 17.3. The molecule has 1 aliphatic heterocycles. The highest BCUT2D eigenvalue weighted by atomic mass is 127. The number of para-hydroxylation sites is 1. The SMILES string of the molecule is CCNC(=NCc1cc(N(C)C)nc2ccccc12)NCC1(C)CCCO1.I. The van der Waals surface area contributed by atoms with Crippen LogP contribution in [-0.4, -0.2) is 50.3 Å². The molecule has 2 heterocycles. The fraction of sp³-hybridized carbons (Fsp3) is 0.524. The van der Waals surface area contributed by atoms with Crippen LogP contribution in [0.5, 0.6) is 0 Å². The Morgan fingerprint density at radius 2 is 2.07 bits per heavy atom. The topological polar surface area (TPSA) is 61.8 Å². The van der Waals surface area contributed by atoms with Gasteiger partial charge in [0.25, 0.3) is 0 Å². The van der Waals surface area contributed by atoms with E-state index in [0.717, 1.165) is 55.2 Å². The summed E-state index contributed by atoms with van der Waals surface area (Å²) in [6.07, 6.45) is 2.21. The smallest absolute Gasteiger partial charge is 0.191 e. The molecule has 2 N–H and O–H groups in total. The van der Waals surface area contributed by atoms with E-state index in [-0.39, 0.29) is 29.6 Å². The van der Waals surface area contributed by atoms with Crippen molar-refractivity contribution in [2.24, 2.45) is 4.99 Å². The molecular formula is C21H32IN5O. The third-order valence-corrected chi connectivity index (χ3v) is 4.93. The van der Waals surface area contributed by atoms with Gasteiger partial charge >= 0.3 is 0 Å². The molecule has 1 atom stereocenters. The van der Waals surface area contributed by atoms with Crippen LogP contribution in [0.4, 0.5) is 5.82 Å². The average Bonchev–Trinajstić information content (AvgIpc) is 3.10. The molecule has 28 heavy (non-hydrogen) atoms. The summed E-state index contributed by atoms with van der Waals surface area (Å²) in [7, 11) is 4.02. The van der Waals surface area contributed by atoms with Crippen molar-refractivity contribution in [2.45, 2.75) is 38.8 Å². The number of guanidine groups is 1. The third kappa shape index (κ3) is 5.70. The van der Waals surface area contributed by atoms with Crippen LogP contribution in [0.1, 0.15) is 32.3 Å². The fourth-order valence-corrected chi connectivity index (χ4v) is 3.34. The first-order valence-electron chi connectivity index (χ1n) is 9.73. The molecule has 1 fully saturated rings. The van der Waals surface area contributed by atoms with Gasteiger partial charge in [0.2, 0.25) is 0 Å². The van der Waals surface area contributed by atoms with Crippen molar-refractivity contribution in [2.75, 3.05) is 38.7 Å². The Balaban J connectivity index is 0.00000280. The maximum absolute atomic E-state index is 5.87. The summed E-state index contributed by atoms with van der Waals surface area (Å²) >= 11 is 0. The molecule has 0 amide bonds. The lowest BCUT2D eigenvalue weighted by molar-refractivity contribution is 0.0243. The minimum Gasteiger partial charge on any atom is -0.373 e. The van der Waals surface area contributed by atoms with Crippen LogP contribution in [0, 0.1) is 0 Å². The molecule has 0 radical (unpaired) electrons. The van der Waals surface area contributed by atoms with Crippen molar-refractivity contribution in [3.63, 3.8) is 0 Å². The Hall–Kier alpha value is -1.61. The summed E-state index contributed by atoms with van der Waals surface area (Å²) in [5.74, 6) is 1.77. The van der Waals surface area contributed by atoms with Gasteiger partial charge in [-0.3, -0.25) is 0 Å². The normalized spacial score (nSPS) is 19.4. The van der Waals surface area contributed by atoms with Gasteiger partial charge in [-0.25, -0.2) is 9.98 Å². The number of halogens is 1. The molecular weight excluding hydrogens is 465 g/mol. The first-order chi connectivity index (χ1) is 13.0. The number of benzene rings is 1. The number of ether oxygens (including phenoxy) is 1. The monoisotopic (exact) mass is 497 g/mol. The van der Waals surface area contributed by atoms with Crippen LogP contribution in [0.3, 0.4) is 0 Å². The van der Waals surface area contributed by atoms with Crippen molar-refractivity contribution in [3.05, 3.63) is 35.9 Å². The van der Waals surface area contributed by atoms with Gasteiger partial charge in [-0.05, 0) is 44.4 Å². The average molecular weight is 497 g/mol. The van der Waals surface area contributed by atoms with E-state index in [2.05, 4.69) is 42.7 Å². The number of hydrogen-bond acceptors (Lipinski definition) is 4. The number of rotatable bonds is 6. The van der Waals surface area contributed by atoms with E-state index < -0.39 is 0 Å². The van der Waals surface area contributed by atoms with Crippen LogP contribution in [0.15, 0.2) is 35.3 Å². The van der Waals surface area contributed by atoms with Gasteiger partial charge in [0.1, 0.15) is 5.82 Å². The van der Waals surface area contributed by atoms with Gasteiger partial charge in [-0.15, -0.1) is 24.0 Å². The molecule has 1 saturated heterocycles. The maximum Gasteiger partial charge on any atom is 0.191 e. The molecule has 0 spiro atoms. The molecule has 1 aromatic carbocycles. The van der Waals surface area contributed by atoms with E-state index in [1.54, 1.807) is 0 Å². The lowest BCUT2D eigenvalue weighted by atomic mass is 10.0. The number of anilines is 1. The Labute approximate surface area is 185 Å². The highest BCUT2D eigenvalue weighted by Crippen LogP contribution is 2.24. The predicted octanol–water partition coefficient (Wildman–Crippen LogP) is 3.54. The summed E-state index contributed by atoms with van der Waals surface area (Å²) in [6.45, 7) is 7.27. The standard InChI is InChI=1S/C21H31N5O.HI/c1-5-22-20(24-15-21(2)11-8-12-27-21)23-14-16-13-19(26(3)4)25-18-10-7-6-9-17(16)18;/h6-7,9-10,13H,5,8,11-12,14-15H2,1-4H3,(H2,22,23,24);1H. The molecule has 3 rings (SSSR count). The number of nitrogens with one attached hydrogen (secondary N) is 2. The Morgan fingerprint density at radius 1 is 1.29 bits per heavy atom. The fourth-order valence-electron chi connectivity index (χ4n) is 3.34. The van der Waals surface area contributed by atoms with E-state index in [1.165, 1.54) is 5.56 Å². The third-order valence-electron chi connectivity index (χ3n) is 4.93. The minimum absolute atomic E-state index is 0. The molecule has 1 unspecified atom stereocenters. The summed E-state index contributed by atoms with van der Waals surface area (Å²) in [5.41, 5.74) is 2.07. The summed E-state index contributed by atoms with van der Waals surface area (Å²) < 4.78 is 5.87. The highest BCUT2D eigenvalue weighted by Gasteiger charge is 2.29. The minimum atomic E-state index is -0.0996. The quantitative estimate of drug-likeness (QED) is 0.363. The van der Waals surface area contributed by atoms with Crippen molar-refractivity contribution in [1.82, 2.24) is 15.6 Å². The van der Waals surface area contributed by atoms with Gasteiger partial charge in [0.05, 0.1) is 17.7 Å². The molecule has 0 bridgehead atoms. The molecule has 0 saturated carbocycles.